The Hall–Kier alpha value is -2.33. The van der Waals surface area contributed by atoms with Crippen molar-refractivity contribution in [3.63, 3.8) is 0 Å². The Morgan fingerprint density at radius 3 is 2.68 bits per heavy atom. The number of carbonyl (C=O) groups excluding carboxylic acids is 2. The second-order valence-corrected chi connectivity index (χ2v) is 5.86. The van der Waals surface area contributed by atoms with Crippen LogP contribution in [0.4, 0.5) is 5.69 Å². The van der Waals surface area contributed by atoms with Crippen LogP contribution in [0.1, 0.15) is 6.42 Å². The highest BCUT2D eigenvalue weighted by molar-refractivity contribution is 6.64. The zero-order valence-corrected chi connectivity index (χ0v) is 12.3. The van der Waals surface area contributed by atoms with Gasteiger partial charge in [-0.2, -0.15) is 0 Å². The van der Waals surface area contributed by atoms with Crippen LogP contribution in [0.15, 0.2) is 46.9 Å². The molecule has 4 nitrogen and oxygen atoms in total. The largest absolute Gasteiger partial charge is 0.456 e. The SMILES string of the molecule is O=C(Cl)[C@H]1CC(=O)N(c2ccc3c(c2)oc2ccccc23)C1. The molecule has 110 valence electrons. The van der Waals surface area contributed by atoms with Gasteiger partial charge in [0.2, 0.25) is 11.1 Å². The number of furan rings is 1. The fourth-order valence-corrected chi connectivity index (χ4v) is 3.14. The normalized spacial score (nSPS) is 18.5. The Labute approximate surface area is 131 Å². The van der Waals surface area contributed by atoms with Gasteiger partial charge in [-0.3, -0.25) is 9.59 Å². The molecule has 0 aliphatic carbocycles. The molecule has 0 saturated carbocycles. The average molecular weight is 314 g/mol. The molecule has 0 spiro atoms. The third-order valence-corrected chi connectivity index (χ3v) is 4.43. The van der Waals surface area contributed by atoms with Crippen molar-refractivity contribution < 1.29 is 14.0 Å². The minimum Gasteiger partial charge on any atom is -0.456 e. The van der Waals surface area contributed by atoms with Gasteiger partial charge in [-0.1, -0.05) is 18.2 Å². The molecule has 1 aliphatic heterocycles. The number of benzene rings is 2. The number of rotatable bonds is 2. The van der Waals surface area contributed by atoms with Crippen molar-refractivity contribution >= 4 is 50.4 Å². The first-order valence-electron chi connectivity index (χ1n) is 7.04. The van der Waals surface area contributed by atoms with Gasteiger partial charge in [-0.25, -0.2) is 0 Å². The molecule has 1 saturated heterocycles. The number of hydrogen-bond donors (Lipinski definition) is 0. The maximum absolute atomic E-state index is 12.1. The summed E-state index contributed by atoms with van der Waals surface area (Å²) in [6, 6.07) is 13.5. The van der Waals surface area contributed by atoms with E-state index in [4.69, 9.17) is 16.0 Å². The van der Waals surface area contributed by atoms with Gasteiger partial charge in [-0.15, -0.1) is 0 Å². The molecule has 22 heavy (non-hydrogen) atoms. The van der Waals surface area contributed by atoms with Crippen LogP contribution in [0.5, 0.6) is 0 Å². The van der Waals surface area contributed by atoms with Gasteiger partial charge in [-0.05, 0) is 29.8 Å². The van der Waals surface area contributed by atoms with Gasteiger partial charge in [0.15, 0.2) is 0 Å². The lowest BCUT2D eigenvalue weighted by Gasteiger charge is -2.15. The molecule has 1 aromatic heterocycles. The molecule has 5 heteroatoms. The second-order valence-electron chi connectivity index (χ2n) is 5.49. The predicted octanol–water partition coefficient (Wildman–Crippen LogP) is 3.70. The van der Waals surface area contributed by atoms with Crippen molar-refractivity contribution in [2.45, 2.75) is 6.42 Å². The first kappa shape index (κ1) is 13.3. The fraction of sp³-hybridized carbons (Fsp3) is 0.176. The number of hydrogen-bond acceptors (Lipinski definition) is 3. The smallest absolute Gasteiger partial charge is 0.227 e. The Kier molecular flexibility index (Phi) is 2.94. The van der Waals surface area contributed by atoms with Crippen LogP contribution >= 0.6 is 11.6 Å². The maximum Gasteiger partial charge on any atom is 0.227 e. The first-order chi connectivity index (χ1) is 10.6. The van der Waals surface area contributed by atoms with E-state index in [0.717, 1.165) is 27.6 Å². The third-order valence-electron chi connectivity index (χ3n) is 4.12. The summed E-state index contributed by atoms with van der Waals surface area (Å²) >= 11 is 5.51. The van der Waals surface area contributed by atoms with Crippen molar-refractivity contribution in [3.8, 4) is 0 Å². The van der Waals surface area contributed by atoms with E-state index in [1.54, 1.807) is 4.90 Å². The molecule has 0 bridgehead atoms. The molecule has 1 atom stereocenters. The number of carbonyl (C=O) groups is 2. The van der Waals surface area contributed by atoms with Crippen molar-refractivity contribution in [1.29, 1.82) is 0 Å². The van der Waals surface area contributed by atoms with Crippen LogP contribution in [0.2, 0.25) is 0 Å². The van der Waals surface area contributed by atoms with Crippen molar-refractivity contribution in [3.05, 3.63) is 42.5 Å². The van der Waals surface area contributed by atoms with Crippen molar-refractivity contribution in [2.75, 3.05) is 11.4 Å². The highest BCUT2D eigenvalue weighted by Gasteiger charge is 2.34. The first-order valence-corrected chi connectivity index (χ1v) is 7.42. The number of nitrogens with zero attached hydrogens (tertiary/aromatic N) is 1. The number of para-hydroxylation sites is 1. The third kappa shape index (κ3) is 1.99. The predicted molar refractivity (Wildman–Crippen MR) is 85.0 cm³/mol. The second kappa shape index (κ2) is 4.85. The zero-order chi connectivity index (χ0) is 15.3. The van der Waals surface area contributed by atoms with E-state index >= 15 is 0 Å². The fourth-order valence-electron chi connectivity index (χ4n) is 2.99. The van der Waals surface area contributed by atoms with Crippen molar-refractivity contribution in [2.24, 2.45) is 5.92 Å². The summed E-state index contributed by atoms with van der Waals surface area (Å²) in [4.78, 5) is 24.9. The maximum atomic E-state index is 12.1. The van der Waals surface area contributed by atoms with Gasteiger partial charge in [0.05, 0.1) is 5.92 Å². The molecule has 0 radical (unpaired) electrons. The van der Waals surface area contributed by atoms with E-state index in [1.807, 2.05) is 42.5 Å². The minimum absolute atomic E-state index is 0.0885. The minimum atomic E-state index is -0.458. The summed E-state index contributed by atoms with van der Waals surface area (Å²) < 4.78 is 5.83. The highest BCUT2D eigenvalue weighted by Crippen LogP contribution is 2.33. The Balaban J connectivity index is 1.78. The van der Waals surface area contributed by atoms with Gasteiger partial charge >= 0.3 is 0 Å². The lowest BCUT2D eigenvalue weighted by molar-refractivity contribution is -0.120. The summed E-state index contributed by atoms with van der Waals surface area (Å²) in [5.74, 6) is -0.519. The molecule has 2 heterocycles. The number of anilines is 1. The standard InChI is InChI=1S/C17H12ClNO3/c18-17(21)10-7-16(20)19(9-10)11-5-6-13-12-3-1-2-4-14(12)22-15(13)8-11/h1-6,8,10H,7,9H2/t10-/m0/s1. The van der Waals surface area contributed by atoms with E-state index in [1.165, 1.54) is 0 Å². The molecule has 4 rings (SSSR count). The molecule has 0 N–H and O–H groups in total. The van der Waals surface area contributed by atoms with E-state index in [0.29, 0.717) is 6.54 Å². The molecule has 1 amide bonds. The van der Waals surface area contributed by atoms with Gasteiger partial charge < -0.3 is 9.32 Å². The molecule has 3 aromatic rings. The lowest BCUT2D eigenvalue weighted by atomic mass is 10.1. The zero-order valence-electron chi connectivity index (χ0n) is 11.6. The molecule has 2 aromatic carbocycles. The van der Waals surface area contributed by atoms with Crippen molar-refractivity contribution in [1.82, 2.24) is 0 Å². The molecular weight excluding hydrogens is 302 g/mol. The Morgan fingerprint density at radius 2 is 1.91 bits per heavy atom. The van der Waals surface area contributed by atoms with Gasteiger partial charge in [0.25, 0.3) is 0 Å². The topological polar surface area (TPSA) is 50.5 Å². The van der Waals surface area contributed by atoms with Crippen LogP contribution in [-0.2, 0) is 9.59 Å². The number of halogens is 1. The van der Waals surface area contributed by atoms with Crippen LogP contribution < -0.4 is 4.90 Å². The van der Waals surface area contributed by atoms with E-state index in [2.05, 4.69) is 0 Å². The number of amides is 1. The summed E-state index contributed by atoms with van der Waals surface area (Å²) in [6.07, 6.45) is 0.167. The Morgan fingerprint density at radius 1 is 1.14 bits per heavy atom. The van der Waals surface area contributed by atoms with Crippen LogP contribution in [0.25, 0.3) is 21.9 Å². The Bertz CT molecular complexity index is 915. The van der Waals surface area contributed by atoms with E-state index in [-0.39, 0.29) is 12.3 Å². The molecule has 1 aliphatic rings. The van der Waals surface area contributed by atoms with Crippen LogP contribution in [0, 0.1) is 5.92 Å². The quantitative estimate of drug-likeness (QED) is 0.678. The molecule has 1 fully saturated rings. The average Bonchev–Trinajstić information content (AvgIpc) is 3.07. The summed E-state index contributed by atoms with van der Waals surface area (Å²) in [5.41, 5.74) is 2.28. The van der Waals surface area contributed by atoms with Crippen LogP contribution in [0.3, 0.4) is 0 Å². The lowest BCUT2D eigenvalue weighted by Crippen LogP contribution is -2.25. The number of fused-ring (bicyclic) bond motifs is 3. The molecular formula is C17H12ClNO3. The van der Waals surface area contributed by atoms with Gasteiger partial charge in [0, 0.05) is 35.5 Å². The van der Waals surface area contributed by atoms with Gasteiger partial charge in [0.1, 0.15) is 11.2 Å². The van der Waals surface area contributed by atoms with E-state index < -0.39 is 11.2 Å². The highest BCUT2D eigenvalue weighted by atomic mass is 35.5. The monoisotopic (exact) mass is 313 g/mol. The summed E-state index contributed by atoms with van der Waals surface area (Å²) in [6.45, 7) is 0.326. The summed E-state index contributed by atoms with van der Waals surface area (Å²) in [5, 5.41) is 1.60. The summed E-state index contributed by atoms with van der Waals surface area (Å²) in [7, 11) is 0. The van der Waals surface area contributed by atoms with Crippen LogP contribution in [-0.4, -0.2) is 17.7 Å². The molecule has 0 unspecified atom stereocenters. The van der Waals surface area contributed by atoms with E-state index in [9.17, 15) is 9.59 Å².